The molecule has 1 fully saturated rings. The number of carbonyl (C=O) groups excluding carboxylic acids is 3. The predicted octanol–water partition coefficient (Wildman–Crippen LogP) is 9.95. The molecule has 3 N–H and O–H groups in total. The molecule has 7 rings (SSSR count). The molecule has 1 aliphatic heterocycles. The van der Waals surface area contributed by atoms with Crippen molar-refractivity contribution >= 4 is 28.9 Å². The maximum atomic E-state index is 13.5. The number of aromatic nitrogens is 4. The zero-order valence-electron chi connectivity index (χ0n) is 36.2. The molecule has 4 aromatic carbocycles. The van der Waals surface area contributed by atoms with Crippen LogP contribution in [0.5, 0.6) is 0 Å². The monoisotopic (exact) mass is 823 g/mol. The van der Waals surface area contributed by atoms with Gasteiger partial charge in [0.25, 0.3) is 0 Å². The summed E-state index contributed by atoms with van der Waals surface area (Å²) in [6.07, 6.45) is 5.21. The average molecular weight is 824 g/mol. The number of ether oxygens (including phenoxy) is 2. The van der Waals surface area contributed by atoms with Crippen molar-refractivity contribution in [3.8, 4) is 33.6 Å². The Morgan fingerprint density at radius 1 is 0.918 bits per heavy atom. The first-order valence-electron chi connectivity index (χ1n) is 21.2. The van der Waals surface area contributed by atoms with Gasteiger partial charge in [-0.25, -0.2) is 19.6 Å². The van der Waals surface area contributed by atoms with Crippen molar-refractivity contribution in [2.45, 2.75) is 85.0 Å². The van der Waals surface area contributed by atoms with Crippen LogP contribution in [0.1, 0.15) is 77.6 Å². The Bertz CT molecular complexity index is 2450. The van der Waals surface area contributed by atoms with Gasteiger partial charge in [0, 0.05) is 24.8 Å². The van der Waals surface area contributed by atoms with Gasteiger partial charge in [-0.1, -0.05) is 99.6 Å². The summed E-state index contributed by atoms with van der Waals surface area (Å²) in [7, 11) is 1.29. The molecule has 12 nitrogen and oxygen atoms in total. The number of carbonyl (C=O) groups is 3. The number of amides is 3. The Kier molecular flexibility index (Phi) is 12.9. The molecule has 1 aliphatic rings. The number of H-pyrrole nitrogens is 2. The second-order valence-electron chi connectivity index (χ2n) is 17.3. The predicted molar refractivity (Wildman–Crippen MR) is 238 cm³/mol. The lowest BCUT2D eigenvalue weighted by molar-refractivity contribution is -0.135. The van der Waals surface area contributed by atoms with Gasteiger partial charge in [0.1, 0.15) is 23.3 Å². The lowest BCUT2D eigenvalue weighted by Crippen LogP contribution is -2.51. The van der Waals surface area contributed by atoms with Gasteiger partial charge >= 0.3 is 12.2 Å². The third kappa shape index (κ3) is 10.3. The maximum Gasteiger partial charge on any atom is 0.410 e. The van der Waals surface area contributed by atoms with E-state index in [0.29, 0.717) is 25.5 Å². The van der Waals surface area contributed by atoms with Gasteiger partial charge in [-0.15, -0.1) is 0 Å². The minimum Gasteiger partial charge on any atom is -0.453 e. The topological polar surface area (TPSA) is 146 Å². The lowest BCUT2D eigenvalue weighted by atomic mass is 9.96. The van der Waals surface area contributed by atoms with E-state index in [1.54, 1.807) is 4.90 Å². The normalized spacial score (nSPS) is 15.8. The molecule has 0 spiro atoms. The number of hydrogen-bond acceptors (Lipinski definition) is 7. The fourth-order valence-electron chi connectivity index (χ4n) is 8.08. The Labute approximate surface area is 358 Å². The van der Waals surface area contributed by atoms with E-state index in [1.807, 2.05) is 64.9 Å². The third-order valence-corrected chi connectivity index (χ3v) is 11.1. The van der Waals surface area contributed by atoms with E-state index < -0.39 is 17.7 Å². The molecule has 3 heterocycles. The number of fused-ring (bicyclic) bond motifs is 1. The van der Waals surface area contributed by atoms with Gasteiger partial charge in [0.05, 0.1) is 37.3 Å². The number of nitrogens with one attached hydrogen (secondary N) is 3. The van der Waals surface area contributed by atoms with Gasteiger partial charge in [-0.05, 0) is 97.0 Å². The van der Waals surface area contributed by atoms with Crippen molar-refractivity contribution < 1.29 is 23.9 Å². The van der Waals surface area contributed by atoms with Gasteiger partial charge in [0.15, 0.2) is 0 Å². The van der Waals surface area contributed by atoms with Gasteiger partial charge in [0.2, 0.25) is 5.91 Å². The molecule has 6 aromatic rings. The number of methoxy groups -OCH3 is 1. The molecule has 12 heteroatoms. The summed E-state index contributed by atoms with van der Waals surface area (Å²) in [6, 6.07) is 30.7. The fourth-order valence-corrected chi connectivity index (χ4v) is 8.08. The highest BCUT2D eigenvalue weighted by Crippen LogP contribution is 2.38. The second kappa shape index (κ2) is 18.5. The highest BCUT2D eigenvalue weighted by molar-refractivity contribution is 5.91. The van der Waals surface area contributed by atoms with Gasteiger partial charge < -0.3 is 29.7 Å². The summed E-state index contributed by atoms with van der Waals surface area (Å²) in [6.45, 7) is 12.9. The van der Waals surface area contributed by atoms with Crippen LogP contribution in [0.25, 0.3) is 44.4 Å². The molecule has 318 valence electrons. The van der Waals surface area contributed by atoms with Crippen LogP contribution in [0.3, 0.4) is 0 Å². The molecule has 0 saturated carbocycles. The molecular weight excluding hydrogens is 767 g/mol. The summed E-state index contributed by atoms with van der Waals surface area (Å²) in [5.74, 6) is 1.42. The summed E-state index contributed by atoms with van der Waals surface area (Å²) < 4.78 is 10.6. The van der Waals surface area contributed by atoms with E-state index in [-0.39, 0.29) is 29.9 Å². The largest absolute Gasteiger partial charge is 0.453 e. The standard InChI is InChI=1S/C49H57N7O5/c1-8-22-55(46(57)44(31(2)3)54-47(58)60-7)30-43-50-27-41(52-43)39-21-20-37-25-36(18-19-38(37)26-39)34-14-16-35(17-15-34)40-28-51-45(53-40)42-24-33(23-32-12-10-9-11-13-32)29-56(42)48(59)61-49(4,5)6/h9-21,25-28,31,33,42,44H,8,22-24,29-30H2,1-7H3,(H,50,52)(H,51,53)(H,54,58)/t33?,42-,44-/m0/s1. The lowest BCUT2D eigenvalue weighted by Gasteiger charge is -2.28. The van der Waals surface area contributed by atoms with Crippen LogP contribution in [0.15, 0.2) is 103 Å². The van der Waals surface area contributed by atoms with Crippen LogP contribution in [0, 0.1) is 11.8 Å². The summed E-state index contributed by atoms with van der Waals surface area (Å²) >= 11 is 0. The van der Waals surface area contributed by atoms with Crippen LogP contribution in [-0.2, 0) is 27.2 Å². The minimum absolute atomic E-state index is 0.117. The van der Waals surface area contributed by atoms with Crippen molar-refractivity contribution in [2.24, 2.45) is 11.8 Å². The molecule has 3 atom stereocenters. The van der Waals surface area contributed by atoms with Crippen LogP contribution in [0.2, 0.25) is 0 Å². The zero-order valence-corrected chi connectivity index (χ0v) is 36.2. The van der Waals surface area contributed by atoms with Crippen molar-refractivity contribution in [2.75, 3.05) is 20.2 Å². The molecule has 2 aromatic heterocycles. The Morgan fingerprint density at radius 3 is 2.26 bits per heavy atom. The number of hydrogen-bond donors (Lipinski definition) is 3. The number of imidazole rings is 2. The van der Waals surface area contributed by atoms with E-state index in [0.717, 1.165) is 69.5 Å². The first-order valence-corrected chi connectivity index (χ1v) is 21.2. The Morgan fingerprint density at radius 2 is 1.59 bits per heavy atom. The SMILES string of the molecule is CCCN(Cc1nc(-c2ccc3cc(-c4ccc(-c5cnc([C@@H]6CC(Cc7ccccc7)CN6C(=O)OC(C)(C)C)[nH]5)cc4)ccc3c2)c[nH]1)C(=O)[C@@H](NC(=O)OC)C(C)C. The van der Waals surface area contributed by atoms with Crippen molar-refractivity contribution in [3.05, 3.63) is 121 Å². The summed E-state index contributed by atoms with van der Waals surface area (Å²) in [5.41, 5.74) is 6.51. The van der Waals surface area contributed by atoms with E-state index in [1.165, 1.54) is 12.7 Å². The van der Waals surface area contributed by atoms with Gasteiger partial charge in [-0.2, -0.15) is 0 Å². The van der Waals surface area contributed by atoms with Crippen molar-refractivity contribution in [1.82, 2.24) is 35.1 Å². The molecule has 0 aliphatic carbocycles. The molecule has 1 saturated heterocycles. The van der Waals surface area contributed by atoms with Crippen molar-refractivity contribution in [1.29, 1.82) is 0 Å². The van der Waals surface area contributed by atoms with E-state index in [2.05, 4.69) is 100 Å². The number of nitrogens with zero attached hydrogens (tertiary/aromatic N) is 4. The average Bonchev–Trinajstić information content (AvgIpc) is 4.03. The quantitative estimate of drug-likeness (QED) is 0.105. The van der Waals surface area contributed by atoms with Crippen LogP contribution < -0.4 is 5.32 Å². The highest BCUT2D eigenvalue weighted by atomic mass is 16.6. The second-order valence-corrected chi connectivity index (χ2v) is 17.3. The Balaban J connectivity index is 1.03. The summed E-state index contributed by atoms with van der Waals surface area (Å²) in [5, 5.41) is 4.88. The molecule has 3 amide bonds. The van der Waals surface area contributed by atoms with Crippen LogP contribution in [0.4, 0.5) is 9.59 Å². The first-order chi connectivity index (χ1) is 29.3. The molecule has 0 bridgehead atoms. The molecule has 1 unspecified atom stereocenters. The minimum atomic E-state index is -0.706. The summed E-state index contributed by atoms with van der Waals surface area (Å²) in [4.78, 5) is 58.9. The number of benzene rings is 4. The third-order valence-electron chi connectivity index (χ3n) is 11.1. The van der Waals surface area contributed by atoms with E-state index in [4.69, 9.17) is 19.4 Å². The first kappa shape index (κ1) is 42.7. The molecule has 0 radical (unpaired) electrons. The number of aromatic amines is 2. The van der Waals surface area contributed by atoms with E-state index in [9.17, 15) is 14.4 Å². The number of likely N-dealkylation sites (tertiary alicyclic amines) is 1. The van der Waals surface area contributed by atoms with Crippen molar-refractivity contribution in [3.63, 3.8) is 0 Å². The fraction of sp³-hybridized carbons (Fsp3) is 0.367. The number of rotatable bonds is 13. The Hall–Kier alpha value is -6.43. The van der Waals surface area contributed by atoms with Crippen LogP contribution in [-0.4, -0.2) is 79.7 Å². The van der Waals surface area contributed by atoms with E-state index >= 15 is 0 Å². The maximum absolute atomic E-state index is 13.5. The highest BCUT2D eigenvalue weighted by Gasteiger charge is 2.40. The zero-order chi connectivity index (χ0) is 43.3. The van der Waals surface area contributed by atoms with Gasteiger partial charge in [-0.3, -0.25) is 9.69 Å². The molecular formula is C49H57N7O5. The molecule has 61 heavy (non-hydrogen) atoms. The number of alkyl carbamates (subject to hydrolysis) is 1. The smallest absolute Gasteiger partial charge is 0.410 e. The van der Waals surface area contributed by atoms with Crippen LogP contribution >= 0.6 is 0 Å².